The number of carbonyl (C=O) groups is 1. The fourth-order valence-corrected chi connectivity index (χ4v) is 5.90. The Morgan fingerprint density at radius 1 is 1.19 bits per heavy atom. The Balaban J connectivity index is 1.49. The maximum Gasteiger partial charge on any atom is 0.232 e. The third-order valence-corrected chi connectivity index (χ3v) is 6.46. The van der Waals surface area contributed by atoms with Crippen LogP contribution in [0.3, 0.4) is 0 Å². The number of carbonyl (C=O) groups excluding carboxylic acids is 1. The highest BCUT2D eigenvalue weighted by Gasteiger charge is 2.54. The molecule has 0 saturated heterocycles. The fraction of sp³-hybridized carbons (Fsp3) is 0.800. The summed E-state index contributed by atoms with van der Waals surface area (Å²) in [5.41, 5.74) is 5.41. The van der Waals surface area contributed by atoms with Gasteiger partial charge in [0.25, 0.3) is 0 Å². The first-order chi connectivity index (χ1) is 10.2. The maximum atomic E-state index is 12.8. The zero-order chi connectivity index (χ0) is 14.4. The van der Waals surface area contributed by atoms with Gasteiger partial charge in [0, 0.05) is 6.42 Å². The zero-order valence-corrected chi connectivity index (χ0v) is 13.0. The minimum absolute atomic E-state index is 0.117. The van der Waals surface area contributed by atoms with Gasteiger partial charge in [-0.1, -0.05) is 11.3 Å². The molecular weight excluding hydrogens is 284 g/mol. The fourth-order valence-electron chi connectivity index (χ4n) is 5.15. The van der Waals surface area contributed by atoms with Crippen molar-refractivity contribution in [2.24, 2.45) is 28.9 Å². The van der Waals surface area contributed by atoms with Crippen LogP contribution in [-0.2, 0) is 11.2 Å². The first kappa shape index (κ1) is 13.6. The zero-order valence-electron chi connectivity index (χ0n) is 12.2. The third-order valence-electron chi connectivity index (χ3n) is 5.57. The standard InChI is InChI=1S/C15H22N4OS/c16-2-1-12-18-19-14(21-12)17-13(20)15-6-9-3-10(7-15)5-11(4-9)8-15/h9-11H,1-8,16H2,(H,17,19,20). The van der Waals surface area contributed by atoms with Crippen molar-refractivity contribution in [2.75, 3.05) is 11.9 Å². The Morgan fingerprint density at radius 2 is 1.81 bits per heavy atom. The summed E-state index contributed by atoms with van der Waals surface area (Å²) in [6.45, 7) is 0.567. The molecule has 4 aliphatic carbocycles. The Labute approximate surface area is 128 Å². The molecule has 4 saturated carbocycles. The van der Waals surface area contributed by atoms with Crippen LogP contribution in [0.1, 0.15) is 43.5 Å². The Bertz CT molecular complexity index is 520. The average Bonchev–Trinajstić information content (AvgIpc) is 2.85. The van der Waals surface area contributed by atoms with Crippen molar-refractivity contribution in [2.45, 2.75) is 44.9 Å². The van der Waals surface area contributed by atoms with Gasteiger partial charge >= 0.3 is 0 Å². The van der Waals surface area contributed by atoms with E-state index in [9.17, 15) is 4.79 Å². The normalized spacial score (nSPS) is 36.9. The average molecular weight is 306 g/mol. The van der Waals surface area contributed by atoms with Gasteiger partial charge < -0.3 is 11.1 Å². The molecule has 4 aliphatic rings. The SMILES string of the molecule is NCCc1nnc(NC(=O)C23CC4CC(CC(C4)C2)C3)s1. The predicted molar refractivity (Wildman–Crippen MR) is 81.9 cm³/mol. The molecule has 0 spiro atoms. The molecule has 0 atom stereocenters. The number of nitrogens with two attached hydrogens (primary N) is 1. The number of nitrogens with one attached hydrogen (secondary N) is 1. The predicted octanol–water partition coefficient (Wildman–Crippen LogP) is 2.19. The van der Waals surface area contributed by atoms with Gasteiger partial charge in [-0.2, -0.15) is 0 Å². The van der Waals surface area contributed by atoms with Gasteiger partial charge in [0.2, 0.25) is 11.0 Å². The quantitative estimate of drug-likeness (QED) is 0.893. The van der Waals surface area contributed by atoms with Crippen LogP contribution in [0.5, 0.6) is 0 Å². The van der Waals surface area contributed by atoms with Crippen LogP contribution in [0, 0.1) is 23.2 Å². The number of nitrogens with zero attached hydrogens (tertiary/aromatic N) is 2. The molecule has 4 bridgehead atoms. The van der Waals surface area contributed by atoms with Crippen LogP contribution in [0.2, 0.25) is 0 Å². The monoisotopic (exact) mass is 306 g/mol. The van der Waals surface area contributed by atoms with Crippen LogP contribution >= 0.6 is 11.3 Å². The van der Waals surface area contributed by atoms with Crippen LogP contribution in [0.15, 0.2) is 0 Å². The summed E-state index contributed by atoms with van der Waals surface area (Å²) in [6.07, 6.45) is 8.03. The van der Waals surface area contributed by atoms with Gasteiger partial charge in [-0.3, -0.25) is 4.79 Å². The smallest absolute Gasteiger partial charge is 0.232 e. The van der Waals surface area contributed by atoms with E-state index >= 15 is 0 Å². The van der Waals surface area contributed by atoms with E-state index in [0.717, 1.165) is 48.4 Å². The minimum Gasteiger partial charge on any atom is -0.330 e. The van der Waals surface area contributed by atoms with E-state index in [1.807, 2.05) is 0 Å². The molecule has 1 aromatic heterocycles. The Kier molecular flexibility index (Phi) is 3.26. The molecule has 0 unspecified atom stereocenters. The van der Waals surface area contributed by atoms with E-state index in [2.05, 4.69) is 15.5 Å². The lowest BCUT2D eigenvalue weighted by atomic mass is 9.49. The van der Waals surface area contributed by atoms with Gasteiger partial charge in [-0.05, 0) is 62.8 Å². The molecule has 21 heavy (non-hydrogen) atoms. The maximum absolute atomic E-state index is 12.8. The van der Waals surface area contributed by atoms with E-state index in [4.69, 9.17) is 5.73 Å². The lowest BCUT2D eigenvalue weighted by Crippen LogP contribution is -2.51. The molecule has 0 radical (unpaired) electrons. The second-order valence-electron chi connectivity index (χ2n) is 7.19. The molecule has 5 rings (SSSR count). The van der Waals surface area contributed by atoms with Gasteiger partial charge in [0.1, 0.15) is 5.01 Å². The largest absolute Gasteiger partial charge is 0.330 e. The number of rotatable bonds is 4. The van der Waals surface area contributed by atoms with Crippen molar-refractivity contribution in [3.63, 3.8) is 0 Å². The molecule has 6 heteroatoms. The molecule has 4 fully saturated rings. The molecule has 5 nitrogen and oxygen atoms in total. The van der Waals surface area contributed by atoms with Crippen LogP contribution in [0.25, 0.3) is 0 Å². The van der Waals surface area contributed by atoms with Gasteiger partial charge in [0.05, 0.1) is 5.41 Å². The van der Waals surface area contributed by atoms with E-state index in [0.29, 0.717) is 11.7 Å². The lowest BCUT2D eigenvalue weighted by molar-refractivity contribution is -0.140. The number of amides is 1. The number of aromatic nitrogens is 2. The number of hydrogen-bond acceptors (Lipinski definition) is 5. The highest BCUT2D eigenvalue weighted by atomic mass is 32.1. The van der Waals surface area contributed by atoms with Crippen molar-refractivity contribution in [3.8, 4) is 0 Å². The van der Waals surface area contributed by atoms with E-state index in [-0.39, 0.29) is 11.3 Å². The molecule has 114 valence electrons. The number of anilines is 1. The molecule has 3 N–H and O–H groups in total. The summed E-state index contributed by atoms with van der Waals surface area (Å²) in [5.74, 6) is 2.54. The second-order valence-corrected chi connectivity index (χ2v) is 8.25. The van der Waals surface area contributed by atoms with Gasteiger partial charge in [-0.15, -0.1) is 10.2 Å². The highest BCUT2D eigenvalue weighted by Crippen LogP contribution is 2.60. The van der Waals surface area contributed by atoms with Crippen molar-refractivity contribution >= 4 is 22.4 Å². The summed E-state index contributed by atoms with van der Waals surface area (Å²) < 4.78 is 0. The molecule has 1 amide bonds. The van der Waals surface area contributed by atoms with E-state index in [1.165, 1.54) is 30.6 Å². The third kappa shape index (κ3) is 2.38. The minimum atomic E-state index is -0.117. The van der Waals surface area contributed by atoms with Gasteiger partial charge in [0.15, 0.2) is 0 Å². The Morgan fingerprint density at radius 3 is 2.38 bits per heavy atom. The molecule has 1 aromatic rings. The summed E-state index contributed by atoms with van der Waals surface area (Å²) >= 11 is 1.46. The molecular formula is C15H22N4OS. The lowest BCUT2D eigenvalue weighted by Gasteiger charge is -2.55. The van der Waals surface area contributed by atoms with Crippen LogP contribution in [0.4, 0.5) is 5.13 Å². The molecule has 0 aromatic carbocycles. The Hall–Kier alpha value is -1.01. The van der Waals surface area contributed by atoms with Crippen molar-refractivity contribution in [1.29, 1.82) is 0 Å². The molecule has 1 heterocycles. The van der Waals surface area contributed by atoms with Crippen LogP contribution in [-0.4, -0.2) is 22.6 Å². The van der Waals surface area contributed by atoms with Crippen molar-refractivity contribution < 1.29 is 4.79 Å². The highest BCUT2D eigenvalue weighted by molar-refractivity contribution is 7.15. The topological polar surface area (TPSA) is 80.9 Å². The first-order valence-electron chi connectivity index (χ1n) is 8.01. The summed E-state index contributed by atoms with van der Waals surface area (Å²) in [4.78, 5) is 12.8. The van der Waals surface area contributed by atoms with Crippen LogP contribution < -0.4 is 11.1 Å². The van der Waals surface area contributed by atoms with E-state index in [1.54, 1.807) is 0 Å². The van der Waals surface area contributed by atoms with Gasteiger partial charge in [-0.25, -0.2) is 0 Å². The van der Waals surface area contributed by atoms with Crippen molar-refractivity contribution in [1.82, 2.24) is 10.2 Å². The first-order valence-corrected chi connectivity index (χ1v) is 8.82. The summed E-state index contributed by atoms with van der Waals surface area (Å²) in [6, 6.07) is 0. The second kappa shape index (κ2) is 5.02. The molecule has 0 aliphatic heterocycles. The van der Waals surface area contributed by atoms with Crippen molar-refractivity contribution in [3.05, 3.63) is 5.01 Å². The van der Waals surface area contributed by atoms with E-state index < -0.39 is 0 Å². The number of hydrogen-bond donors (Lipinski definition) is 2. The summed E-state index contributed by atoms with van der Waals surface area (Å²) in [7, 11) is 0. The summed E-state index contributed by atoms with van der Waals surface area (Å²) in [5, 5.41) is 12.7.